The Balaban J connectivity index is 1.55. The minimum Gasteiger partial charge on any atom is -0.462 e. The number of aryl methyl sites for hydroxylation is 1. The Hall–Kier alpha value is -1.39. The van der Waals surface area contributed by atoms with E-state index in [2.05, 4.69) is 36.0 Å². The highest BCUT2D eigenvalue weighted by Gasteiger charge is 2.38. The van der Waals surface area contributed by atoms with Gasteiger partial charge in [0.05, 0.1) is 18.3 Å². The van der Waals surface area contributed by atoms with Crippen LogP contribution in [0.1, 0.15) is 54.9 Å². The van der Waals surface area contributed by atoms with Crippen molar-refractivity contribution in [1.29, 1.82) is 0 Å². The number of carbonyl (C=O) groups is 1. The summed E-state index contributed by atoms with van der Waals surface area (Å²) in [4.78, 5) is 16.9. The molecule has 0 spiro atoms. The molecule has 0 aliphatic carbocycles. The van der Waals surface area contributed by atoms with Gasteiger partial charge in [-0.05, 0) is 89.7 Å². The summed E-state index contributed by atoms with van der Waals surface area (Å²) < 4.78 is 5.05. The van der Waals surface area contributed by atoms with E-state index in [0.717, 1.165) is 12.3 Å². The molecule has 0 N–H and O–H groups in total. The molecule has 0 aromatic heterocycles. The summed E-state index contributed by atoms with van der Waals surface area (Å²) >= 11 is 0. The first kappa shape index (κ1) is 18.4. The predicted molar refractivity (Wildman–Crippen MR) is 101 cm³/mol. The molecule has 2 heterocycles. The Morgan fingerprint density at radius 1 is 1.16 bits per heavy atom. The molecule has 0 saturated carbocycles. The number of likely N-dealkylation sites (tertiary alicyclic amines) is 2. The van der Waals surface area contributed by atoms with Crippen LogP contribution in [0, 0.1) is 5.92 Å². The maximum absolute atomic E-state index is 11.7. The van der Waals surface area contributed by atoms with Gasteiger partial charge in [0.2, 0.25) is 0 Å². The van der Waals surface area contributed by atoms with Gasteiger partial charge in [-0.3, -0.25) is 9.80 Å². The van der Waals surface area contributed by atoms with Gasteiger partial charge in [-0.2, -0.15) is 0 Å². The Bertz CT molecular complexity index is 572. The van der Waals surface area contributed by atoms with Crippen LogP contribution in [-0.2, 0) is 11.2 Å². The average molecular weight is 344 g/mol. The number of rotatable bonds is 5. The Morgan fingerprint density at radius 3 is 2.64 bits per heavy atom. The van der Waals surface area contributed by atoms with Gasteiger partial charge in [0.15, 0.2) is 0 Å². The van der Waals surface area contributed by atoms with E-state index in [1.165, 1.54) is 44.2 Å². The summed E-state index contributed by atoms with van der Waals surface area (Å²) in [6.45, 7) is 3.49. The van der Waals surface area contributed by atoms with Crippen LogP contribution in [0.5, 0.6) is 0 Å². The van der Waals surface area contributed by atoms with Gasteiger partial charge in [-0.15, -0.1) is 0 Å². The topological polar surface area (TPSA) is 32.8 Å². The fourth-order valence-corrected chi connectivity index (χ4v) is 4.71. The van der Waals surface area contributed by atoms with Crippen LogP contribution in [0.25, 0.3) is 0 Å². The first-order chi connectivity index (χ1) is 12.1. The molecule has 0 bridgehead atoms. The van der Waals surface area contributed by atoms with E-state index in [4.69, 9.17) is 4.74 Å². The molecule has 0 radical (unpaired) electrons. The zero-order valence-corrected chi connectivity index (χ0v) is 15.9. The molecule has 3 atom stereocenters. The second kappa shape index (κ2) is 8.33. The summed E-state index contributed by atoms with van der Waals surface area (Å²) in [6, 6.07) is 8.59. The first-order valence-electron chi connectivity index (χ1n) is 9.78. The second-order valence-electron chi connectivity index (χ2n) is 7.65. The van der Waals surface area contributed by atoms with E-state index < -0.39 is 0 Å². The zero-order valence-electron chi connectivity index (χ0n) is 15.9. The summed E-state index contributed by atoms with van der Waals surface area (Å²) in [7, 11) is 4.59. The van der Waals surface area contributed by atoms with Gasteiger partial charge in [-0.1, -0.05) is 12.1 Å². The van der Waals surface area contributed by atoms with E-state index in [0.29, 0.717) is 24.4 Å². The quantitative estimate of drug-likeness (QED) is 0.765. The number of hydrogen-bond acceptors (Lipinski definition) is 4. The van der Waals surface area contributed by atoms with Crippen molar-refractivity contribution >= 4 is 5.97 Å². The second-order valence-corrected chi connectivity index (χ2v) is 7.65. The van der Waals surface area contributed by atoms with Crippen LogP contribution in [0.4, 0.5) is 0 Å². The maximum atomic E-state index is 11.7. The number of piperidine rings is 2. The molecule has 4 nitrogen and oxygen atoms in total. The molecule has 2 aliphatic rings. The minimum atomic E-state index is -0.229. The normalized spacial score (nSPS) is 27.7. The number of esters is 1. The highest BCUT2D eigenvalue weighted by molar-refractivity contribution is 5.89. The Labute approximate surface area is 152 Å². The van der Waals surface area contributed by atoms with Gasteiger partial charge in [0.25, 0.3) is 0 Å². The number of fused-ring (bicyclic) bond motifs is 1. The van der Waals surface area contributed by atoms with Crippen molar-refractivity contribution in [3.63, 3.8) is 0 Å². The number of nitrogens with zero attached hydrogens (tertiary/aromatic N) is 2. The summed E-state index contributed by atoms with van der Waals surface area (Å²) in [5, 5.41) is 0. The monoisotopic (exact) mass is 344 g/mol. The van der Waals surface area contributed by atoms with E-state index >= 15 is 0 Å². The fraction of sp³-hybridized carbons (Fsp3) is 0.667. The van der Waals surface area contributed by atoms with Gasteiger partial charge in [-0.25, -0.2) is 4.79 Å². The van der Waals surface area contributed by atoms with Gasteiger partial charge >= 0.3 is 5.97 Å². The lowest BCUT2D eigenvalue weighted by Crippen LogP contribution is -2.58. The van der Waals surface area contributed by atoms with E-state index in [-0.39, 0.29) is 5.97 Å². The smallest absolute Gasteiger partial charge is 0.338 e. The molecule has 2 saturated heterocycles. The van der Waals surface area contributed by atoms with Crippen molar-refractivity contribution in [3.8, 4) is 0 Å². The SMILES string of the molecule is CCOC(=O)c1ccc(CCC2CCC3CCCN(C)C3N2C)cc1. The van der Waals surface area contributed by atoms with Crippen molar-refractivity contribution in [2.75, 3.05) is 27.2 Å². The van der Waals surface area contributed by atoms with Gasteiger partial charge in [0.1, 0.15) is 0 Å². The van der Waals surface area contributed by atoms with Gasteiger partial charge < -0.3 is 4.74 Å². The number of hydrogen-bond donors (Lipinski definition) is 0. The molecular weight excluding hydrogens is 312 g/mol. The zero-order chi connectivity index (χ0) is 17.8. The van der Waals surface area contributed by atoms with Crippen molar-refractivity contribution < 1.29 is 9.53 Å². The molecule has 1 aromatic carbocycles. The third-order valence-corrected chi connectivity index (χ3v) is 6.05. The van der Waals surface area contributed by atoms with Crippen LogP contribution in [0.3, 0.4) is 0 Å². The minimum absolute atomic E-state index is 0.229. The van der Waals surface area contributed by atoms with Crippen LogP contribution in [0.2, 0.25) is 0 Å². The molecule has 3 unspecified atom stereocenters. The predicted octanol–water partition coefficient (Wildman–Crippen LogP) is 3.56. The van der Waals surface area contributed by atoms with Crippen LogP contribution in [-0.4, -0.2) is 55.2 Å². The molecule has 0 amide bonds. The van der Waals surface area contributed by atoms with E-state index in [9.17, 15) is 4.79 Å². The molecule has 3 rings (SSSR count). The lowest BCUT2D eigenvalue weighted by Gasteiger charge is -2.51. The third kappa shape index (κ3) is 4.24. The molecule has 1 aromatic rings. The van der Waals surface area contributed by atoms with Crippen molar-refractivity contribution in [2.45, 2.75) is 57.7 Å². The molecule has 138 valence electrons. The highest BCUT2D eigenvalue weighted by atomic mass is 16.5. The maximum Gasteiger partial charge on any atom is 0.338 e. The number of carbonyl (C=O) groups excluding carboxylic acids is 1. The molecule has 2 fully saturated rings. The largest absolute Gasteiger partial charge is 0.462 e. The van der Waals surface area contributed by atoms with E-state index in [1.807, 2.05) is 19.1 Å². The van der Waals surface area contributed by atoms with Crippen LogP contribution >= 0.6 is 0 Å². The van der Waals surface area contributed by atoms with Crippen LogP contribution in [0.15, 0.2) is 24.3 Å². The summed E-state index contributed by atoms with van der Waals surface area (Å²) in [5.41, 5.74) is 1.95. The molecule has 4 heteroatoms. The molecule has 2 aliphatic heterocycles. The number of ether oxygens (including phenoxy) is 1. The molecular formula is C21H32N2O2. The lowest BCUT2D eigenvalue weighted by atomic mass is 9.82. The van der Waals surface area contributed by atoms with Crippen LogP contribution < -0.4 is 0 Å². The number of benzene rings is 1. The average Bonchev–Trinajstić information content (AvgIpc) is 2.62. The van der Waals surface area contributed by atoms with Crippen molar-refractivity contribution in [3.05, 3.63) is 35.4 Å². The summed E-state index contributed by atoms with van der Waals surface area (Å²) in [6.07, 6.45) is 8.30. The third-order valence-electron chi connectivity index (χ3n) is 6.05. The fourth-order valence-electron chi connectivity index (χ4n) is 4.71. The first-order valence-corrected chi connectivity index (χ1v) is 9.78. The summed E-state index contributed by atoms with van der Waals surface area (Å²) in [5.74, 6) is 0.622. The molecule has 25 heavy (non-hydrogen) atoms. The van der Waals surface area contributed by atoms with Crippen molar-refractivity contribution in [1.82, 2.24) is 9.80 Å². The Morgan fingerprint density at radius 2 is 1.92 bits per heavy atom. The standard InChI is InChI=1S/C21H32N2O2/c1-4-25-21(24)18-10-7-16(8-11-18)9-13-19-14-12-17-6-5-15-22(2)20(17)23(19)3/h7-8,10-11,17,19-20H,4-6,9,12-15H2,1-3H3. The van der Waals surface area contributed by atoms with Crippen molar-refractivity contribution in [2.24, 2.45) is 5.92 Å². The lowest BCUT2D eigenvalue weighted by molar-refractivity contribution is -0.0560. The van der Waals surface area contributed by atoms with Gasteiger partial charge in [0, 0.05) is 6.04 Å². The van der Waals surface area contributed by atoms with E-state index in [1.54, 1.807) is 0 Å². The highest BCUT2D eigenvalue weighted by Crippen LogP contribution is 2.36. The Kier molecular flexibility index (Phi) is 6.13.